The van der Waals surface area contributed by atoms with Crippen LogP contribution < -0.4 is 0 Å². The number of ketones is 1. The van der Waals surface area contributed by atoms with Crippen LogP contribution in [-0.4, -0.2) is 42.8 Å². The highest BCUT2D eigenvalue weighted by Crippen LogP contribution is 2.51. The van der Waals surface area contributed by atoms with Crippen molar-refractivity contribution in [3.8, 4) is 0 Å². The Morgan fingerprint density at radius 2 is 2.06 bits per heavy atom. The third-order valence-electron chi connectivity index (χ3n) is 3.61. The van der Waals surface area contributed by atoms with Crippen molar-refractivity contribution in [2.24, 2.45) is 0 Å². The van der Waals surface area contributed by atoms with Crippen LogP contribution in [0.2, 0.25) is 0 Å². The van der Waals surface area contributed by atoms with E-state index in [9.17, 15) is 4.79 Å². The molecule has 0 aromatic rings. The zero-order chi connectivity index (χ0) is 11.6. The summed E-state index contributed by atoms with van der Waals surface area (Å²) < 4.78 is 22.4. The lowest BCUT2D eigenvalue weighted by Crippen LogP contribution is -2.56. The Bertz CT molecular complexity index is 339. The highest BCUT2D eigenvalue weighted by Gasteiger charge is 2.69. The summed E-state index contributed by atoms with van der Waals surface area (Å²) in [6, 6.07) is 0. The molecule has 3 fully saturated rings. The van der Waals surface area contributed by atoms with E-state index in [0.29, 0.717) is 12.8 Å². The van der Waals surface area contributed by atoms with Gasteiger partial charge in [0.1, 0.15) is 12.2 Å². The Kier molecular flexibility index (Phi) is 2.02. The summed E-state index contributed by atoms with van der Waals surface area (Å²) in [4.78, 5) is 11.8. The summed E-state index contributed by atoms with van der Waals surface area (Å²) in [6.45, 7) is 3.68. The lowest BCUT2D eigenvalue weighted by Gasteiger charge is -2.39. The Balaban J connectivity index is 1.92. The van der Waals surface area contributed by atoms with Crippen molar-refractivity contribution in [2.75, 3.05) is 7.11 Å². The molecule has 4 atom stereocenters. The fourth-order valence-corrected chi connectivity index (χ4v) is 2.77. The topological polar surface area (TPSA) is 54.0 Å². The van der Waals surface area contributed by atoms with Crippen LogP contribution in [0.5, 0.6) is 0 Å². The van der Waals surface area contributed by atoms with Gasteiger partial charge in [0.15, 0.2) is 23.5 Å². The van der Waals surface area contributed by atoms with Gasteiger partial charge in [-0.2, -0.15) is 0 Å². The predicted molar refractivity (Wildman–Crippen MR) is 52.7 cm³/mol. The second-order valence-corrected chi connectivity index (χ2v) is 5.06. The molecule has 90 valence electrons. The maximum absolute atomic E-state index is 11.8. The summed E-state index contributed by atoms with van der Waals surface area (Å²) >= 11 is 0. The Morgan fingerprint density at radius 1 is 1.31 bits per heavy atom. The van der Waals surface area contributed by atoms with E-state index in [2.05, 4.69) is 0 Å². The quantitative estimate of drug-likeness (QED) is 0.658. The first-order valence-electron chi connectivity index (χ1n) is 5.58. The van der Waals surface area contributed by atoms with Crippen LogP contribution in [0.25, 0.3) is 0 Å². The molecule has 2 heterocycles. The molecule has 1 spiro atoms. The highest BCUT2D eigenvalue weighted by atomic mass is 16.8. The molecule has 0 aromatic heterocycles. The molecular formula is C11H16O5. The van der Waals surface area contributed by atoms with Gasteiger partial charge in [0.2, 0.25) is 0 Å². The van der Waals surface area contributed by atoms with Crippen molar-refractivity contribution in [1.29, 1.82) is 0 Å². The summed E-state index contributed by atoms with van der Waals surface area (Å²) in [6.07, 6.45) is 0.129. The van der Waals surface area contributed by atoms with Crippen LogP contribution in [0, 0.1) is 0 Å². The number of ether oxygens (including phenoxy) is 4. The van der Waals surface area contributed by atoms with Crippen molar-refractivity contribution in [3.05, 3.63) is 0 Å². The number of hydrogen-bond donors (Lipinski definition) is 0. The van der Waals surface area contributed by atoms with Crippen LogP contribution in [0.15, 0.2) is 0 Å². The zero-order valence-electron chi connectivity index (χ0n) is 9.69. The molecule has 5 nitrogen and oxygen atoms in total. The third kappa shape index (κ3) is 1.17. The fourth-order valence-electron chi connectivity index (χ4n) is 2.77. The van der Waals surface area contributed by atoms with E-state index >= 15 is 0 Å². The largest absolute Gasteiger partial charge is 0.353 e. The summed E-state index contributed by atoms with van der Waals surface area (Å²) in [5.41, 5.74) is -0.806. The summed E-state index contributed by atoms with van der Waals surface area (Å²) in [7, 11) is 1.55. The molecule has 0 bridgehead atoms. The van der Waals surface area contributed by atoms with Crippen LogP contribution in [0.4, 0.5) is 0 Å². The second-order valence-electron chi connectivity index (χ2n) is 5.06. The molecule has 3 rings (SSSR count). The molecule has 0 aromatic carbocycles. The molecule has 3 aliphatic rings. The minimum Gasteiger partial charge on any atom is -0.353 e. The average molecular weight is 228 g/mol. The molecule has 2 unspecified atom stereocenters. The van der Waals surface area contributed by atoms with Gasteiger partial charge in [0, 0.05) is 13.5 Å². The van der Waals surface area contributed by atoms with Gasteiger partial charge in [0.25, 0.3) is 0 Å². The number of carbonyl (C=O) groups excluding carboxylic acids is 1. The van der Waals surface area contributed by atoms with Gasteiger partial charge in [-0.25, -0.2) is 0 Å². The molecule has 2 aliphatic heterocycles. The summed E-state index contributed by atoms with van der Waals surface area (Å²) in [5, 5.41) is 0. The number of rotatable bonds is 1. The van der Waals surface area contributed by atoms with Gasteiger partial charge in [-0.05, 0) is 20.3 Å². The van der Waals surface area contributed by atoms with Crippen LogP contribution in [-0.2, 0) is 23.7 Å². The molecule has 16 heavy (non-hydrogen) atoms. The number of fused-ring (bicyclic) bond motifs is 2. The standard InChI is InChI=1S/C11H16O5/c1-10(2)14-7-8(15-10)11(5-4-6(11)12)16-9(7)13-3/h7-9H,4-5H2,1-3H3/t7-,8?,9?,11-/m0/s1. The Hall–Kier alpha value is -0.490. The van der Waals surface area contributed by atoms with E-state index in [1.807, 2.05) is 13.8 Å². The maximum Gasteiger partial charge on any atom is 0.187 e. The van der Waals surface area contributed by atoms with Crippen LogP contribution >= 0.6 is 0 Å². The average Bonchev–Trinajstić information content (AvgIpc) is 2.68. The Labute approximate surface area is 94.0 Å². The van der Waals surface area contributed by atoms with Gasteiger partial charge in [-0.15, -0.1) is 0 Å². The first kappa shape index (κ1) is 10.7. The molecular weight excluding hydrogens is 212 g/mol. The minimum atomic E-state index is -0.806. The van der Waals surface area contributed by atoms with Crippen LogP contribution in [0.1, 0.15) is 26.7 Å². The molecule has 0 radical (unpaired) electrons. The number of hydrogen-bond acceptors (Lipinski definition) is 5. The lowest BCUT2D eigenvalue weighted by atomic mass is 9.74. The first-order chi connectivity index (χ1) is 7.48. The third-order valence-corrected chi connectivity index (χ3v) is 3.61. The predicted octanol–water partition coefficient (Wildman–Crippen LogP) is 0.611. The number of methoxy groups -OCH3 is 1. The van der Waals surface area contributed by atoms with Gasteiger partial charge in [-0.3, -0.25) is 4.79 Å². The van der Waals surface area contributed by atoms with E-state index in [-0.39, 0.29) is 18.0 Å². The van der Waals surface area contributed by atoms with Crippen LogP contribution in [0.3, 0.4) is 0 Å². The van der Waals surface area contributed by atoms with Crippen molar-refractivity contribution >= 4 is 5.78 Å². The molecule has 0 N–H and O–H groups in total. The van der Waals surface area contributed by atoms with Crippen molar-refractivity contribution < 1.29 is 23.7 Å². The second kappa shape index (κ2) is 3.04. The molecule has 0 amide bonds. The molecule has 5 heteroatoms. The van der Waals surface area contributed by atoms with E-state index in [4.69, 9.17) is 18.9 Å². The van der Waals surface area contributed by atoms with Gasteiger partial charge >= 0.3 is 0 Å². The minimum absolute atomic E-state index is 0.100. The van der Waals surface area contributed by atoms with Gasteiger partial charge < -0.3 is 18.9 Å². The normalized spacial score (nSPS) is 49.4. The Morgan fingerprint density at radius 3 is 2.56 bits per heavy atom. The van der Waals surface area contributed by atoms with Crippen molar-refractivity contribution in [3.63, 3.8) is 0 Å². The molecule has 2 saturated heterocycles. The lowest BCUT2D eigenvalue weighted by molar-refractivity contribution is -0.254. The SMILES string of the molecule is COC1O[C@]2(CCC2=O)C2OC(C)(C)O[C@H]12. The van der Waals surface area contributed by atoms with Crippen molar-refractivity contribution in [1.82, 2.24) is 0 Å². The van der Waals surface area contributed by atoms with Gasteiger partial charge in [-0.1, -0.05) is 0 Å². The zero-order valence-corrected chi connectivity index (χ0v) is 9.69. The van der Waals surface area contributed by atoms with E-state index < -0.39 is 17.7 Å². The molecule has 1 aliphatic carbocycles. The highest BCUT2D eigenvalue weighted by molar-refractivity contribution is 5.94. The summed E-state index contributed by atoms with van der Waals surface area (Å²) in [5.74, 6) is -0.568. The van der Waals surface area contributed by atoms with Gasteiger partial charge in [0.05, 0.1) is 0 Å². The van der Waals surface area contributed by atoms with E-state index in [0.717, 1.165) is 0 Å². The van der Waals surface area contributed by atoms with Crippen molar-refractivity contribution in [2.45, 2.75) is 56.6 Å². The van der Waals surface area contributed by atoms with E-state index in [1.165, 1.54) is 0 Å². The number of Topliss-reactive ketones (excluding diaryl/α,β-unsaturated/α-hetero) is 1. The van der Waals surface area contributed by atoms with E-state index in [1.54, 1.807) is 7.11 Å². The smallest absolute Gasteiger partial charge is 0.187 e. The monoisotopic (exact) mass is 228 g/mol. The number of carbonyl (C=O) groups is 1. The maximum atomic E-state index is 11.8. The molecule has 1 saturated carbocycles. The first-order valence-corrected chi connectivity index (χ1v) is 5.58. The fraction of sp³-hybridized carbons (Fsp3) is 0.909.